The van der Waals surface area contributed by atoms with E-state index in [2.05, 4.69) is 12.2 Å². The number of thiocarbonyl (C=S) groups is 1. The average molecular weight is 316 g/mol. The summed E-state index contributed by atoms with van der Waals surface area (Å²) in [6.07, 6.45) is -9.96. The molecular weight excluding hydrogens is 310 g/mol. The SMILES string of the molecule is NC(=O)C(=S)Nc1cc(C(F)(F)F)cc(C(F)(F)F)c1. The first kappa shape index (κ1) is 16.2. The lowest BCUT2D eigenvalue weighted by Gasteiger charge is -2.14. The van der Waals surface area contributed by atoms with Crippen LogP contribution in [0.2, 0.25) is 0 Å². The van der Waals surface area contributed by atoms with Crippen LogP contribution in [0.5, 0.6) is 0 Å². The molecule has 1 aromatic carbocycles. The van der Waals surface area contributed by atoms with E-state index in [1.807, 2.05) is 5.32 Å². The Morgan fingerprint density at radius 2 is 1.40 bits per heavy atom. The van der Waals surface area contributed by atoms with Gasteiger partial charge in [-0.05, 0) is 18.2 Å². The summed E-state index contributed by atoms with van der Waals surface area (Å²) in [5.74, 6) is -1.18. The van der Waals surface area contributed by atoms with Gasteiger partial charge >= 0.3 is 12.4 Å². The van der Waals surface area contributed by atoms with Gasteiger partial charge in [-0.3, -0.25) is 4.79 Å². The van der Waals surface area contributed by atoms with Gasteiger partial charge in [-0.25, -0.2) is 0 Å². The molecule has 110 valence electrons. The highest BCUT2D eigenvalue weighted by atomic mass is 32.1. The van der Waals surface area contributed by atoms with E-state index < -0.39 is 40.1 Å². The largest absolute Gasteiger partial charge is 0.416 e. The normalized spacial score (nSPS) is 12.1. The fourth-order valence-corrected chi connectivity index (χ4v) is 1.34. The van der Waals surface area contributed by atoms with Crippen molar-refractivity contribution in [2.24, 2.45) is 5.73 Å². The predicted molar refractivity (Wildman–Crippen MR) is 61.9 cm³/mol. The highest BCUT2D eigenvalue weighted by molar-refractivity contribution is 7.82. The van der Waals surface area contributed by atoms with Gasteiger partial charge < -0.3 is 11.1 Å². The Morgan fingerprint density at radius 1 is 1.00 bits per heavy atom. The van der Waals surface area contributed by atoms with Gasteiger partial charge in [0.1, 0.15) is 0 Å². The minimum atomic E-state index is -4.98. The number of carbonyl (C=O) groups excluding carboxylic acids is 1. The maximum atomic E-state index is 12.5. The topological polar surface area (TPSA) is 55.1 Å². The molecule has 1 rings (SSSR count). The molecule has 0 saturated heterocycles. The van der Waals surface area contributed by atoms with Crippen LogP contribution in [0.25, 0.3) is 0 Å². The van der Waals surface area contributed by atoms with Crippen LogP contribution >= 0.6 is 12.2 Å². The second kappa shape index (κ2) is 5.27. The van der Waals surface area contributed by atoms with E-state index in [1.165, 1.54) is 0 Å². The lowest BCUT2D eigenvalue weighted by Crippen LogP contribution is -2.28. The Kier molecular flexibility index (Phi) is 4.27. The van der Waals surface area contributed by atoms with E-state index in [9.17, 15) is 31.1 Å². The van der Waals surface area contributed by atoms with E-state index in [4.69, 9.17) is 5.73 Å². The average Bonchev–Trinajstić information content (AvgIpc) is 2.26. The van der Waals surface area contributed by atoms with Crippen molar-refractivity contribution in [3.63, 3.8) is 0 Å². The number of amides is 1. The number of nitrogens with one attached hydrogen (secondary N) is 1. The zero-order valence-corrected chi connectivity index (χ0v) is 10.2. The Bertz CT molecular complexity index is 519. The van der Waals surface area contributed by atoms with Crippen LogP contribution in [0.15, 0.2) is 18.2 Å². The third-order valence-corrected chi connectivity index (χ3v) is 2.37. The summed E-state index contributed by atoms with van der Waals surface area (Å²) >= 11 is 4.39. The number of benzene rings is 1. The zero-order chi connectivity index (χ0) is 15.7. The molecule has 0 aromatic heterocycles. The van der Waals surface area contributed by atoms with Gasteiger partial charge in [-0.2, -0.15) is 26.3 Å². The van der Waals surface area contributed by atoms with Crippen molar-refractivity contribution in [1.82, 2.24) is 0 Å². The first-order chi connectivity index (χ1) is 8.91. The van der Waals surface area contributed by atoms with Crippen LogP contribution in [0.1, 0.15) is 11.1 Å². The molecule has 3 N–H and O–H groups in total. The molecule has 3 nitrogen and oxygen atoms in total. The third-order valence-electron chi connectivity index (χ3n) is 2.07. The molecule has 0 bridgehead atoms. The summed E-state index contributed by atoms with van der Waals surface area (Å²) in [6.45, 7) is 0. The van der Waals surface area contributed by atoms with E-state index in [1.54, 1.807) is 0 Å². The third kappa shape index (κ3) is 4.08. The van der Waals surface area contributed by atoms with Crippen LogP contribution in [0.4, 0.5) is 32.0 Å². The van der Waals surface area contributed by atoms with E-state index >= 15 is 0 Å². The number of primary amides is 1. The molecule has 1 aromatic rings. The zero-order valence-electron chi connectivity index (χ0n) is 9.39. The Morgan fingerprint density at radius 3 is 1.70 bits per heavy atom. The highest BCUT2D eigenvalue weighted by Gasteiger charge is 2.37. The summed E-state index contributed by atoms with van der Waals surface area (Å²) in [6, 6.07) is 0.744. The minimum absolute atomic E-state index is 0.0432. The quantitative estimate of drug-likeness (QED) is 0.619. The summed E-state index contributed by atoms with van der Waals surface area (Å²) in [5, 5.41) is 1.92. The van der Waals surface area contributed by atoms with Crippen molar-refractivity contribution in [2.75, 3.05) is 5.32 Å². The van der Waals surface area contributed by atoms with Crippen molar-refractivity contribution in [1.29, 1.82) is 0 Å². The Hall–Kier alpha value is -1.84. The fourth-order valence-electron chi connectivity index (χ4n) is 1.22. The van der Waals surface area contributed by atoms with Gasteiger partial charge in [0.25, 0.3) is 5.91 Å². The molecule has 0 aliphatic carbocycles. The van der Waals surface area contributed by atoms with E-state index in [0.717, 1.165) is 0 Å². The number of alkyl halides is 6. The Balaban J connectivity index is 3.31. The van der Waals surface area contributed by atoms with E-state index in [-0.39, 0.29) is 6.07 Å². The molecule has 0 atom stereocenters. The maximum absolute atomic E-state index is 12.5. The monoisotopic (exact) mass is 316 g/mol. The predicted octanol–water partition coefficient (Wildman–Crippen LogP) is 2.95. The number of hydrogen-bond acceptors (Lipinski definition) is 2. The number of rotatable bonds is 1. The molecule has 0 unspecified atom stereocenters. The van der Waals surface area contributed by atoms with Crippen LogP contribution < -0.4 is 11.1 Å². The first-order valence-corrected chi connectivity index (χ1v) is 5.22. The van der Waals surface area contributed by atoms with Crippen molar-refractivity contribution in [2.45, 2.75) is 12.4 Å². The lowest BCUT2D eigenvalue weighted by atomic mass is 10.1. The molecule has 0 heterocycles. The summed E-state index contributed by atoms with van der Waals surface area (Å²) in [4.78, 5) is 9.94. The molecule has 20 heavy (non-hydrogen) atoms. The molecule has 0 aliphatic heterocycles. The minimum Gasteiger partial charge on any atom is -0.364 e. The number of carbonyl (C=O) groups is 1. The van der Waals surface area contributed by atoms with Gasteiger partial charge in [0.2, 0.25) is 0 Å². The molecule has 10 heteroatoms. The van der Waals surface area contributed by atoms with Crippen LogP contribution in [0.3, 0.4) is 0 Å². The summed E-state index contributed by atoms with van der Waals surface area (Å²) in [5.41, 5.74) is 1.06. The fraction of sp³-hybridized carbons (Fsp3) is 0.200. The van der Waals surface area contributed by atoms with Crippen LogP contribution in [-0.2, 0) is 17.1 Å². The molecule has 0 spiro atoms. The highest BCUT2D eigenvalue weighted by Crippen LogP contribution is 2.37. The van der Waals surface area contributed by atoms with Gasteiger partial charge in [-0.15, -0.1) is 0 Å². The molecule has 0 fully saturated rings. The van der Waals surface area contributed by atoms with Crippen LogP contribution in [0, 0.1) is 0 Å². The Labute approximate surface area is 113 Å². The van der Waals surface area contributed by atoms with Crippen molar-refractivity contribution >= 4 is 28.8 Å². The number of hydrogen-bond donors (Lipinski definition) is 2. The number of nitrogens with two attached hydrogens (primary N) is 1. The molecule has 1 amide bonds. The van der Waals surface area contributed by atoms with Gasteiger partial charge in [-0.1, -0.05) is 12.2 Å². The van der Waals surface area contributed by atoms with Gasteiger partial charge in [0.05, 0.1) is 11.1 Å². The standard InChI is InChI=1S/C10H6F6N2OS/c11-9(12,13)4-1-5(10(14,15)16)3-6(2-4)18-8(20)7(17)19/h1-3H,(H2,17,19)(H,18,20). The molecular formula is C10H6F6N2OS. The molecule has 0 radical (unpaired) electrons. The van der Waals surface area contributed by atoms with Crippen molar-refractivity contribution < 1.29 is 31.1 Å². The second-order valence-corrected chi connectivity index (χ2v) is 4.02. The van der Waals surface area contributed by atoms with Crippen molar-refractivity contribution in [3.8, 4) is 0 Å². The van der Waals surface area contributed by atoms with Gasteiger partial charge in [0.15, 0.2) is 4.99 Å². The van der Waals surface area contributed by atoms with Crippen molar-refractivity contribution in [3.05, 3.63) is 29.3 Å². The van der Waals surface area contributed by atoms with Gasteiger partial charge in [0, 0.05) is 5.69 Å². The summed E-state index contributed by atoms with van der Waals surface area (Å²) < 4.78 is 75.1. The number of anilines is 1. The summed E-state index contributed by atoms with van der Waals surface area (Å²) in [7, 11) is 0. The smallest absolute Gasteiger partial charge is 0.364 e. The first-order valence-electron chi connectivity index (χ1n) is 4.81. The van der Waals surface area contributed by atoms with E-state index in [0.29, 0.717) is 12.1 Å². The maximum Gasteiger partial charge on any atom is 0.416 e. The second-order valence-electron chi connectivity index (χ2n) is 3.61. The lowest BCUT2D eigenvalue weighted by molar-refractivity contribution is -0.143. The van der Waals surface area contributed by atoms with Crippen LogP contribution in [-0.4, -0.2) is 10.9 Å². The molecule has 0 saturated carbocycles. The number of halogens is 6. The molecule has 0 aliphatic rings.